The summed E-state index contributed by atoms with van der Waals surface area (Å²) in [6, 6.07) is 10.2. The summed E-state index contributed by atoms with van der Waals surface area (Å²) >= 11 is 0. The predicted octanol–water partition coefficient (Wildman–Crippen LogP) is 3.93. The summed E-state index contributed by atoms with van der Waals surface area (Å²) in [5, 5.41) is 0. The van der Waals surface area contributed by atoms with Crippen molar-refractivity contribution in [2.75, 3.05) is 19.8 Å². The average Bonchev–Trinajstić information content (AvgIpc) is 2.60. The van der Waals surface area contributed by atoms with Crippen molar-refractivity contribution >= 4 is 0 Å². The summed E-state index contributed by atoms with van der Waals surface area (Å²) in [5.41, 5.74) is 1.20. The van der Waals surface area contributed by atoms with E-state index in [4.69, 9.17) is 18.9 Å². The van der Waals surface area contributed by atoms with E-state index in [1.54, 1.807) is 0 Å². The van der Waals surface area contributed by atoms with Crippen LogP contribution in [0.4, 0.5) is 0 Å². The van der Waals surface area contributed by atoms with Crippen molar-refractivity contribution in [1.82, 2.24) is 0 Å². The van der Waals surface area contributed by atoms with Crippen LogP contribution in [0.1, 0.15) is 45.1 Å². The van der Waals surface area contributed by atoms with Gasteiger partial charge in [-0.2, -0.15) is 0 Å². The first kappa shape index (κ1) is 18.4. The Balaban J connectivity index is 1.49. The van der Waals surface area contributed by atoms with Crippen LogP contribution in [0.5, 0.6) is 0 Å². The maximum Gasteiger partial charge on any atom is 0.157 e. The van der Waals surface area contributed by atoms with Gasteiger partial charge in [-0.3, -0.25) is 0 Å². The fourth-order valence-corrected chi connectivity index (χ4v) is 2.46. The van der Waals surface area contributed by atoms with E-state index in [-0.39, 0.29) is 18.5 Å². The van der Waals surface area contributed by atoms with Crippen LogP contribution in [0.25, 0.3) is 0 Å². The molecule has 1 heterocycles. The summed E-state index contributed by atoms with van der Waals surface area (Å²) in [5.74, 6) is 0. The third-order valence-corrected chi connectivity index (χ3v) is 3.96. The summed E-state index contributed by atoms with van der Waals surface area (Å²) in [6.45, 7) is 6.87. The van der Waals surface area contributed by atoms with Crippen molar-refractivity contribution in [1.29, 1.82) is 0 Å². The monoisotopic (exact) mass is 322 g/mol. The molecule has 0 amide bonds. The van der Waals surface area contributed by atoms with Crippen molar-refractivity contribution in [3.05, 3.63) is 35.9 Å². The minimum absolute atomic E-state index is 0.0390. The van der Waals surface area contributed by atoms with E-state index in [1.807, 2.05) is 25.1 Å². The van der Waals surface area contributed by atoms with Crippen molar-refractivity contribution in [2.24, 2.45) is 0 Å². The molecule has 1 aromatic rings. The van der Waals surface area contributed by atoms with Crippen LogP contribution in [0.2, 0.25) is 0 Å². The summed E-state index contributed by atoms with van der Waals surface area (Å²) in [7, 11) is 0. The van der Waals surface area contributed by atoms with Gasteiger partial charge in [0.1, 0.15) is 0 Å². The Morgan fingerprint density at radius 2 is 1.91 bits per heavy atom. The Bertz CT molecular complexity index is 403. The number of rotatable bonds is 10. The van der Waals surface area contributed by atoms with E-state index in [9.17, 15) is 0 Å². The topological polar surface area (TPSA) is 36.9 Å². The zero-order valence-electron chi connectivity index (χ0n) is 14.4. The zero-order valence-corrected chi connectivity index (χ0v) is 14.4. The van der Waals surface area contributed by atoms with Crippen LogP contribution in [-0.2, 0) is 25.6 Å². The van der Waals surface area contributed by atoms with Crippen molar-refractivity contribution in [2.45, 2.75) is 64.6 Å². The number of benzene rings is 1. The third-order valence-electron chi connectivity index (χ3n) is 3.96. The van der Waals surface area contributed by atoms with E-state index in [0.29, 0.717) is 19.8 Å². The molecule has 0 spiro atoms. The summed E-state index contributed by atoms with van der Waals surface area (Å²) in [4.78, 5) is 0. The van der Waals surface area contributed by atoms with Crippen molar-refractivity contribution < 1.29 is 18.9 Å². The van der Waals surface area contributed by atoms with E-state index < -0.39 is 0 Å². The Kier molecular flexibility index (Phi) is 8.61. The highest BCUT2D eigenvalue weighted by Gasteiger charge is 2.15. The van der Waals surface area contributed by atoms with E-state index in [0.717, 1.165) is 25.9 Å². The molecule has 3 atom stereocenters. The first-order valence-corrected chi connectivity index (χ1v) is 8.74. The van der Waals surface area contributed by atoms with Gasteiger partial charge in [0.15, 0.2) is 6.29 Å². The fraction of sp³-hybridized carbons (Fsp3) is 0.684. The first-order chi connectivity index (χ1) is 11.2. The van der Waals surface area contributed by atoms with Gasteiger partial charge in [0.2, 0.25) is 0 Å². The minimum atomic E-state index is -0.0390. The molecule has 0 saturated carbocycles. The molecule has 1 aromatic carbocycles. The molecular weight excluding hydrogens is 292 g/mol. The molecule has 1 unspecified atom stereocenters. The van der Waals surface area contributed by atoms with Gasteiger partial charge in [-0.1, -0.05) is 30.3 Å². The van der Waals surface area contributed by atoms with Crippen LogP contribution in [0.3, 0.4) is 0 Å². The molecule has 4 nitrogen and oxygen atoms in total. The number of hydrogen-bond acceptors (Lipinski definition) is 4. The minimum Gasteiger partial charge on any atom is -0.376 e. The van der Waals surface area contributed by atoms with E-state index in [2.05, 4.69) is 19.1 Å². The predicted molar refractivity (Wildman–Crippen MR) is 90.3 cm³/mol. The normalized spacial score (nSPS) is 21.0. The highest BCUT2D eigenvalue weighted by atomic mass is 16.7. The highest BCUT2D eigenvalue weighted by molar-refractivity contribution is 5.13. The Hall–Kier alpha value is -0.940. The lowest BCUT2D eigenvalue weighted by molar-refractivity contribution is -0.178. The largest absolute Gasteiger partial charge is 0.376 e. The van der Waals surface area contributed by atoms with Gasteiger partial charge >= 0.3 is 0 Å². The fourth-order valence-electron chi connectivity index (χ4n) is 2.46. The molecule has 0 bridgehead atoms. The van der Waals surface area contributed by atoms with Crippen LogP contribution in [-0.4, -0.2) is 38.3 Å². The molecule has 0 aliphatic carbocycles. The first-order valence-electron chi connectivity index (χ1n) is 8.74. The molecule has 4 heteroatoms. The second-order valence-corrected chi connectivity index (χ2v) is 6.21. The van der Waals surface area contributed by atoms with Crippen molar-refractivity contribution in [3.8, 4) is 0 Å². The Morgan fingerprint density at radius 1 is 1.09 bits per heavy atom. The summed E-state index contributed by atoms with van der Waals surface area (Å²) < 4.78 is 22.9. The van der Waals surface area contributed by atoms with Gasteiger partial charge in [-0.25, -0.2) is 0 Å². The van der Waals surface area contributed by atoms with E-state index in [1.165, 1.54) is 12.0 Å². The zero-order chi connectivity index (χ0) is 16.3. The lowest BCUT2D eigenvalue weighted by atomic mass is 10.2. The third kappa shape index (κ3) is 7.93. The molecule has 0 radical (unpaired) electrons. The molecule has 1 saturated heterocycles. The SMILES string of the molecule is C[C@H](CCO[C@@H](C)COC1CCCCO1)OCc1ccccc1. The van der Waals surface area contributed by atoms with E-state index >= 15 is 0 Å². The molecule has 1 aliphatic rings. The summed E-state index contributed by atoms with van der Waals surface area (Å²) in [6.07, 6.45) is 4.45. The Labute approximate surface area is 140 Å². The maximum absolute atomic E-state index is 5.83. The molecule has 1 aliphatic heterocycles. The second-order valence-electron chi connectivity index (χ2n) is 6.21. The maximum atomic E-state index is 5.83. The van der Waals surface area contributed by atoms with Gasteiger partial charge in [-0.15, -0.1) is 0 Å². The van der Waals surface area contributed by atoms with Gasteiger partial charge < -0.3 is 18.9 Å². The molecule has 0 aromatic heterocycles. The molecule has 23 heavy (non-hydrogen) atoms. The quantitative estimate of drug-likeness (QED) is 0.654. The number of hydrogen-bond donors (Lipinski definition) is 0. The van der Waals surface area contributed by atoms with Crippen LogP contribution < -0.4 is 0 Å². The number of ether oxygens (including phenoxy) is 4. The average molecular weight is 322 g/mol. The molecule has 130 valence electrons. The van der Waals surface area contributed by atoms with Gasteiger partial charge in [-0.05, 0) is 45.1 Å². The lowest BCUT2D eigenvalue weighted by Crippen LogP contribution is -2.27. The standard InChI is InChI=1S/C19H30O4/c1-16(22-15-18-8-4-3-5-9-18)11-13-20-17(2)14-23-19-10-6-7-12-21-19/h3-5,8-9,16-17,19H,6-7,10-15H2,1-2H3/t16-,17+,19?/m1/s1. The molecule has 1 fully saturated rings. The molecular formula is C19H30O4. The van der Waals surface area contributed by atoms with Gasteiger partial charge in [0.25, 0.3) is 0 Å². The molecule has 0 N–H and O–H groups in total. The lowest BCUT2D eigenvalue weighted by Gasteiger charge is -2.24. The van der Waals surface area contributed by atoms with Crippen LogP contribution in [0, 0.1) is 0 Å². The van der Waals surface area contributed by atoms with Crippen molar-refractivity contribution in [3.63, 3.8) is 0 Å². The second kappa shape index (κ2) is 10.8. The van der Waals surface area contributed by atoms with Gasteiger partial charge in [0, 0.05) is 13.2 Å². The van der Waals surface area contributed by atoms with Crippen LogP contribution >= 0.6 is 0 Å². The van der Waals surface area contributed by atoms with Gasteiger partial charge in [0.05, 0.1) is 25.4 Å². The smallest absolute Gasteiger partial charge is 0.157 e. The van der Waals surface area contributed by atoms with Crippen LogP contribution in [0.15, 0.2) is 30.3 Å². The Morgan fingerprint density at radius 3 is 2.65 bits per heavy atom. The molecule has 2 rings (SSSR count). The highest BCUT2D eigenvalue weighted by Crippen LogP contribution is 2.14.